The van der Waals surface area contributed by atoms with Gasteiger partial charge < -0.3 is 5.32 Å². The Kier molecular flexibility index (Phi) is 4.18. The second-order valence-corrected chi connectivity index (χ2v) is 5.96. The zero-order valence-electron chi connectivity index (χ0n) is 12.3. The van der Waals surface area contributed by atoms with E-state index in [4.69, 9.17) is 0 Å². The van der Waals surface area contributed by atoms with Crippen LogP contribution in [-0.4, -0.2) is 20.8 Å². The zero-order chi connectivity index (χ0) is 14.7. The molecule has 0 spiro atoms. The van der Waals surface area contributed by atoms with E-state index < -0.39 is 0 Å². The molecule has 2 unspecified atom stereocenters. The van der Waals surface area contributed by atoms with E-state index in [0.29, 0.717) is 11.7 Å². The fourth-order valence-electron chi connectivity index (χ4n) is 2.98. The fraction of sp³-hybridized carbons (Fsp3) is 0.500. The first kappa shape index (κ1) is 14.0. The molecular weight excluding hydrogens is 267 g/mol. The molecule has 1 aromatic carbocycles. The van der Waals surface area contributed by atoms with E-state index in [1.54, 1.807) is 12.1 Å². The summed E-state index contributed by atoms with van der Waals surface area (Å²) in [6.45, 7) is 2.31. The normalized spacial score (nSPS) is 22.8. The molecule has 112 valence electrons. The van der Waals surface area contributed by atoms with Crippen LogP contribution < -0.4 is 5.32 Å². The van der Waals surface area contributed by atoms with Crippen LogP contribution in [0.1, 0.15) is 39.0 Å². The number of anilines is 1. The van der Waals surface area contributed by atoms with Crippen LogP contribution in [0, 0.1) is 11.7 Å². The van der Waals surface area contributed by atoms with Gasteiger partial charge in [0.05, 0.1) is 0 Å². The van der Waals surface area contributed by atoms with Crippen molar-refractivity contribution in [3.63, 3.8) is 0 Å². The minimum Gasteiger partial charge on any atom is -0.382 e. The summed E-state index contributed by atoms with van der Waals surface area (Å²) in [7, 11) is 0. The molecule has 1 aliphatic rings. The van der Waals surface area contributed by atoms with Gasteiger partial charge in [0, 0.05) is 11.7 Å². The first-order chi connectivity index (χ1) is 10.2. The molecule has 1 aliphatic carbocycles. The molecule has 1 N–H and O–H groups in total. The number of benzene rings is 1. The number of hydrogen-bond acceptors (Lipinski definition) is 3. The van der Waals surface area contributed by atoms with Gasteiger partial charge in [-0.3, -0.25) is 0 Å². The third-order valence-corrected chi connectivity index (χ3v) is 4.24. The summed E-state index contributed by atoms with van der Waals surface area (Å²) in [5.74, 6) is 0.524. The van der Waals surface area contributed by atoms with E-state index in [2.05, 4.69) is 22.3 Å². The molecule has 21 heavy (non-hydrogen) atoms. The average Bonchev–Trinajstić information content (AvgIpc) is 2.91. The lowest BCUT2D eigenvalue weighted by molar-refractivity contribution is 0.502. The highest BCUT2D eigenvalue weighted by atomic mass is 19.1. The zero-order valence-corrected chi connectivity index (χ0v) is 12.3. The highest BCUT2D eigenvalue weighted by Crippen LogP contribution is 2.26. The molecule has 4 nitrogen and oxygen atoms in total. The van der Waals surface area contributed by atoms with Gasteiger partial charge in [-0.1, -0.05) is 19.8 Å². The van der Waals surface area contributed by atoms with Crippen molar-refractivity contribution in [2.24, 2.45) is 5.92 Å². The van der Waals surface area contributed by atoms with Crippen molar-refractivity contribution in [1.29, 1.82) is 0 Å². The molecular formula is C16H21FN4. The molecule has 5 heteroatoms. The highest BCUT2D eigenvalue weighted by molar-refractivity contribution is 5.50. The van der Waals surface area contributed by atoms with Gasteiger partial charge in [0.15, 0.2) is 5.82 Å². The van der Waals surface area contributed by atoms with E-state index in [1.807, 2.05) is 6.07 Å². The summed E-state index contributed by atoms with van der Waals surface area (Å²) in [6, 6.07) is 5.65. The summed E-state index contributed by atoms with van der Waals surface area (Å²) in [5, 5.41) is 7.43. The molecule has 3 rings (SSSR count). The monoisotopic (exact) mass is 288 g/mol. The van der Waals surface area contributed by atoms with Gasteiger partial charge in [-0.05, 0) is 43.4 Å². The highest BCUT2D eigenvalue weighted by Gasteiger charge is 2.16. The minimum absolute atomic E-state index is 0.285. The molecule has 1 fully saturated rings. The van der Waals surface area contributed by atoms with Crippen LogP contribution in [0.2, 0.25) is 0 Å². The third kappa shape index (κ3) is 3.40. The SMILES string of the molecule is CC1CCCC(Nc2ccc(-n3cncn3)c(F)c2)CC1. The van der Waals surface area contributed by atoms with Crippen LogP contribution >= 0.6 is 0 Å². The van der Waals surface area contributed by atoms with Crippen LogP contribution in [0.5, 0.6) is 0 Å². The number of nitrogens with one attached hydrogen (secondary N) is 1. The molecule has 1 heterocycles. The number of halogens is 1. The number of hydrogen-bond donors (Lipinski definition) is 1. The first-order valence-corrected chi connectivity index (χ1v) is 7.63. The Morgan fingerprint density at radius 3 is 2.90 bits per heavy atom. The van der Waals surface area contributed by atoms with Crippen LogP contribution in [0.4, 0.5) is 10.1 Å². The number of rotatable bonds is 3. The predicted molar refractivity (Wildman–Crippen MR) is 81.0 cm³/mol. The maximum atomic E-state index is 14.2. The van der Waals surface area contributed by atoms with E-state index >= 15 is 0 Å². The van der Waals surface area contributed by atoms with Crippen molar-refractivity contribution in [2.75, 3.05) is 5.32 Å². The van der Waals surface area contributed by atoms with E-state index in [1.165, 1.54) is 36.6 Å². The van der Waals surface area contributed by atoms with Crippen molar-refractivity contribution in [2.45, 2.75) is 45.1 Å². The molecule has 0 aliphatic heterocycles. The smallest absolute Gasteiger partial charge is 0.150 e. The Labute approximate surface area is 124 Å². The van der Waals surface area contributed by atoms with Crippen molar-refractivity contribution >= 4 is 5.69 Å². The van der Waals surface area contributed by atoms with Crippen molar-refractivity contribution in [3.05, 3.63) is 36.7 Å². The number of aromatic nitrogens is 3. The fourth-order valence-corrected chi connectivity index (χ4v) is 2.98. The Hall–Kier alpha value is -1.91. The summed E-state index contributed by atoms with van der Waals surface area (Å²) >= 11 is 0. The maximum absolute atomic E-state index is 14.2. The number of nitrogens with zero attached hydrogens (tertiary/aromatic N) is 3. The first-order valence-electron chi connectivity index (χ1n) is 7.63. The molecule has 2 aromatic rings. The van der Waals surface area contributed by atoms with E-state index in [-0.39, 0.29) is 5.82 Å². The standard InChI is InChI=1S/C16H21FN4/c1-12-3-2-4-13(6-5-12)20-14-7-8-16(15(17)9-14)21-11-18-10-19-21/h7-13,20H,2-6H2,1H3. The van der Waals surface area contributed by atoms with Crippen LogP contribution in [0.25, 0.3) is 5.69 Å². The molecule has 2 atom stereocenters. The molecule has 0 amide bonds. The minimum atomic E-state index is -0.285. The summed E-state index contributed by atoms with van der Waals surface area (Å²) in [4.78, 5) is 3.84. The second kappa shape index (κ2) is 6.24. The lowest BCUT2D eigenvalue weighted by Gasteiger charge is -2.18. The van der Waals surface area contributed by atoms with Crippen LogP contribution in [0.15, 0.2) is 30.9 Å². The summed E-state index contributed by atoms with van der Waals surface area (Å²) in [5.41, 5.74) is 1.27. The molecule has 1 saturated carbocycles. The van der Waals surface area contributed by atoms with Gasteiger partial charge in [0.25, 0.3) is 0 Å². The molecule has 0 radical (unpaired) electrons. The Bertz CT molecular complexity index is 582. The third-order valence-electron chi connectivity index (χ3n) is 4.24. The van der Waals surface area contributed by atoms with Crippen molar-refractivity contribution < 1.29 is 4.39 Å². The molecule has 0 saturated heterocycles. The summed E-state index contributed by atoms with van der Waals surface area (Å²) in [6.07, 6.45) is 9.02. The van der Waals surface area contributed by atoms with Gasteiger partial charge >= 0.3 is 0 Å². The predicted octanol–water partition coefficient (Wildman–Crippen LogP) is 3.79. The van der Waals surface area contributed by atoms with Gasteiger partial charge in [-0.25, -0.2) is 14.1 Å². The van der Waals surface area contributed by atoms with Crippen molar-refractivity contribution in [3.8, 4) is 5.69 Å². The summed E-state index contributed by atoms with van der Waals surface area (Å²) < 4.78 is 15.6. The molecule has 1 aromatic heterocycles. The average molecular weight is 288 g/mol. The van der Waals surface area contributed by atoms with Crippen LogP contribution in [0.3, 0.4) is 0 Å². The van der Waals surface area contributed by atoms with E-state index in [9.17, 15) is 4.39 Å². The quantitative estimate of drug-likeness (QED) is 0.874. The van der Waals surface area contributed by atoms with Gasteiger partial charge in [-0.15, -0.1) is 0 Å². The topological polar surface area (TPSA) is 42.7 Å². The maximum Gasteiger partial charge on any atom is 0.150 e. The largest absolute Gasteiger partial charge is 0.382 e. The Morgan fingerprint density at radius 2 is 2.14 bits per heavy atom. The second-order valence-electron chi connectivity index (χ2n) is 5.96. The van der Waals surface area contributed by atoms with Gasteiger partial charge in [0.2, 0.25) is 0 Å². The lowest BCUT2D eigenvalue weighted by Crippen LogP contribution is -2.18. The van der Waals surface area contributed by atoms with Gasteiger partial charge in [0.1, 0.15) is 18.3 Å². The van der Waals surface area contributed by atoms with Gasteiger partial charge in [-0.2, -0.15) is 5.10 Å². The Balaban J connectivity index is 1.70. The van der Waals surface area contributed by atoms with E-state index in [0.717, 1.165) is 24.4 Å². The molecule has 0 bridgehead atoms. The van der Waals surface area contributed by atoms with Crippen molar-refractivity contribution in [1.82, 2.24) is 14.8 Å². The van der Waals surface area contributed by atoms with Crippen LogP contribution in [-0.2, 0) is 0 Å². The Morgan fingerprint density at radius 1 is 1.24 bits per heavy atom. The lowest BCUT2D eigenvalue weighted by atomic mass is 10.0.